The van der Waals surface area contributed by atoms with Gasteiger partial charge in [-0.15, -0.1) is 11.3 Å². The van der Waals surface area contributed by atoms with E-state index in [1.165, 1.54) is 29.2 Å². The number of nitrogens with two attached hydrogens (primary N) is 1. The van der Waals surface area contributed by atoms with Gasteiger partial charge in [-0.1, -0.05) is 6.07 Å². The van der Waals surface area contributed by atoms with Crippen LogP contribution in [0.25, 0.3) is 0 Å². The number of rotatable bonds is 5. The Morgan fingerprint density at radius 2 is 2.50 bits per heavy atom. The van der Waals surface area contributed by atoms with Crippen LogP contribution in [-0.2, 0) is 6.42 Å². The Balaban J connectivity index is 1.62. The van der Waals surface area contributed by atoms with E-state index >= 15 is 0 Å². The molecule has 1 aromatic heterocycles. The number of nitrogens with one attached hydrogen (secondary N) is 1. The largest absolute Gasteiger partial charge is 0.370 e. The molecule has 0 radical (unpaired) electrons. The summed E-state index contributed by atoms with van der Waals surface area (Å²) in [6.07, 6.45) is 3.66. The molecule has 18 heavy (non-hydrogen) atoms. The molecule has 100 valence electrons. The van der Waals surface area contributed by atoms with Crippen LogP contribution >= 0.6 is 23.1 Å². The van der Waals surface area contributed by atoms with Crippen molar-refractivity contribution in [3.63, 3.8) is 0 Å². The van der Waals surface area contributed by atoms with Gasteiger partial charge in [0.15, 0.2) is 5.96 Å². The third-order valence-electron chi connectivity index (χ3n) is 3.03. The van der Waals surface area contributed by atoms with Gasteiger partial charge in [0.05, 0.1) is 0 Å². The number of hydrogen-bond acceptors (Lipinski definition) is 3. The van der Waals surface area contributed by atoms with Crippen molar-refractivity contribution in [2.45, 2.75) is 19.3 Å². The third-order valence-corrected chi connectivity index (χ3v) is 5.25. The highest BCUT2D eigenvalue weighted by Crippen LogP contribution is 2.22. The van der Waals surface area contributed by atoms with E-state index in [4.69, 9.17) is 5.73 Å². The number of thioether (sulfide) groups is 1. The van der Waals surface area contributed by atoms with Gasteiger partial charge in [-0.05, 0) is 48.1 Å². The zero-order valence-electron chi connectivity index (χ0n) is 10.6. The zero-order valence-corrected chi connectivity index (χ0v) is 12.2. The van der Waals surface area contributed by atoms with Crippen LogP contribution in [0.2, 0.25) is 0 Å². The van der Waals surface area contributed by atoms with Crippen LogP contribution in [0.1, 0.15) is 17.7 Å². The van der Waals surface area contributed by atoms with Crippen molar-refractivity contribution in [1.29, 1.82) is 0 Å². The van der Waals surface area contributed by atoms with Gasteiger partial charge in [0.2, 0.25) is 0 Å². The minimum absolute atomic E-state index is 0.599. The molecule has 1 fully saturated rings. The predicted octanol–water partition coefficient (Wildman–Crippen LogP) is 2.34. The highest BCUT2D eigenvalue weighted by molar-refractivity contribution is 7.99. The molecule has 2 heterocycles. The molecule has 1 aliphatic rings. The van der Waals surface area contributed by atoms with Crippen molar-refractivity contribution in [2.75, 3.05) is 24.6 Å². The molecule has 0 aromatic carbocycles. The first-order valence-corrected chi connectivity index (χ1v) is 8.52. The standard InChI is InChI=1S/C13H21N3S2/c14-13(15-6-5-12-4-2-8-18-12)16-9-11-3-1-7-17-10-11/h2,4,8,11H,1,3,5-7,9-10H2,(H3,14,15,16). The average molecular weight is 283 g/mol. The Labute approximate surface area is 117 Å². The summed E-state index contributed by atoms with van der Waals surface area (Å²) in [5.74, 6) is 3.88. The molecule has 0 aliphatic carbocycles. The van der Waals surface area contributed by atoms with Crippen LogP contribution in [0.15, 0.2) is 22.5 Å². The molecule has 0 spiro atoms. The van der Waals surface area contributed by atoms with Crippen molar-refractivity contribution in [3.8, 4) is 0 Å². The maximum Gasteiger partial charge on any atom is 0.188 e. The van der Waals surface area contributed by atoms with Gasteiger partial charge in [-0.3, -0.25) is 4.99 Å². The van der Waals surface area contributed by atoms with Gasteiger partial charge >= 0.3 is 0 Å². The highest BCUT2D eigenvalue weighted by atomic mass is 32.2. The molecular formula is C13H21N3S2. The minimum Gasteiger partial charge on any atom is -0.370 e. The lowest BCUT2D eigenvalue weighted by Gasteiger charge is -2.19. The quantitative estimate of drug-likeness (QED) is 0.644. The summed E-state index contributed by atoms with van der Waals surface area (Å²) in [6, 6.07) is 4.23. The van der Waals surface area contributed by atoms with Crippen molar-refractivity contribution < 1.29 is 0 Å². The Morgan fingerprint density at radius 3 is 3.22 bits per heavy atom. The Bertz CT molecular complexity index is 356. The van der Waals surface area contributed by atoms with Crippen LogP contribution in [0, 0.1) is 5.92 Å². The summed E-state index contributed by atoms with van der Waals surface area (Å²) in [5.41, 5.74) is 5.87. The summed E-state index contributed by atoms with van der Waals surface area (Å²) < 4.78 is 0. The number of thiophene rings is 1. The molecule has 2 rings (SSSR count). The van der Waals surface area contributed by atoms with E-state index < -0.39 is 0 Å². The predicted molar refractivity (Wildman–Crippen MR) is 82.6 cm³/mol. The smallest absolute Gasteiger partial charge is 0.188 e. The van der Waals surface area contributed by atoms with E-state index in [9.17, 15) is 0 Å². The number of guanidine groups is 1. The lowest BCUT2D eigenvalue weighted by Crippen LogP contribution is -2.34. The second kappa shape index (κ2) is 7.69. The SMILES string of the molecule is NC(=NCC1CCCSC1)NCCc1cccs1. The summed E-state index contributed by atoms with van der Waals surface area (Å²) in [7, 11) is 0. The molecule has 3 nitrogen and oxygen atoms in total. The van der Waals surface area contributed by atoms with Gasteiger partial charge in [0.25, 0.3) is 0 Å². The molecule has 1 unspecified atom stereocenters. The summed E-state index contributed by atoms with van der Waals surface area (Å²) in [4.78, 5) is 5.83. The number of hydrogen-bond donors (Lipinski definition) is 2. The summed E-state index contributed by atoms with van der Waals surface area (Å²) in [6.45, 7) is 1.75. The maximum absolute atomic E-state index is 5.87. The Kier molecular flexibility index (Phi) is 5.87. The van der Waals surface area contributed by atoms with Gasteiger partial charge in [-0.25, -0.2) is 0 Å². The van der Waals surface area contributed by atoms with E-state index in [0.29, 0.717) is 5.96 Å². The van der Waals surface area contributed by atoms with Crippen LogP contribution in [0.3, 0.4) is 0 Å². The first kappa shape index (κ1) is 13.7. The molecular weight excluding hydrogens is 262 g/mol. The fourth-order valence-corrected chi connectivity index (χ4v) is 3.86. The van der Waals surface area contributed by atoms with Crippen LogP contribution in [-0.4, -0.2) is 30.6 Å². The van der Waals surface area contributed by atoms with Gasteiger partial charge in [0.1, 0.15) is 0 Å². The van der Waals surface area contributed by atoms with Crippen molar-refractivity contribution in [1.82, 2.24) is 5.32 Å². The van der Waals surface area contributed by atoms with E-state index in [0.717, 1.165) is 25.4 Å². The van der Waals surface area contributed by atoms with E-state index in [2.05, 4.69) is 27.8 Å². The van der Waals surface area contributed by atoms with Gasteiger partial charge < -0.3 is 11.1 Å². The molecule has 3 N–H and O–H groups in total. The summed E-state index contributed by atoms with van der Waals surface area (Å²) >= 11 is 3.83. The molecule has 1 aliphatic heterocycles. The average Bonchev–Trinajstić information content (AvgIpc) is 2.91. The second-order valence-electron chi connectivity index (χ2n) is 4.57. The molecule has 1 aromatic rings. The maximum atomic E-state index is 5.87. The second-order valence-corrected chi connectivity index (χ2v) is 6.75. The van der Waals surface area contributed by atoms with Gasteiger partial charge in [-0.2, -0.15) is 11.8 Å². The first-order valence-electron chi connectivity index (χ1n) is 6.48. The summed E-state index contributed by atoms with van der Waals surface area (Å²) in [5, 5.41) is 5.29. The van der Waals surface area contributed by atoms with Gasteiger partial charge in [0, 0.05) is 18.0 Å². The normalized spacial score (nSPS) is 20.9. The van der Waals surface area contributed by atoms with E-state index in [1.807, 2.05) is 11.8 Å². The van der Waals surface area contributed by atoms with E-state index in [-0.39, 0.29) is 0 Å². The zero-order chi connectivity index (χ0) is 12.6. The highest BCUT2D eigenvalue weighted by Gasteiger charge is 2.12. The lowest BCUT2D eigenvalue weighted by atomic mass is 10.1. The molecule has 0 amide bonds. The molecule has 1 saturated heterocycles. The molecule has 5 heteroatoms. The van der Waals surface area contributed by atoms with Crippen molar-refractivity contribution >= 4 is 29.1 Å². The topological polar surface area (TPSA) is 50.4 Å². The van der Waals surface area contributed by atoms with Crippen LogP contribution in [0.5, 0.6) is 0 Å². The van der Waals surface area contributed by atoms with Crippen LogP contribution < -0.4 is 11.1 Å². The number of nitrogens with zero attached hydrogens (tertiary/aromatic N) is 1. The fourth-order valence-electron chi connectivity index (χ4n) is 2.00. The Hall–Kier alpha value is -0.680. The van der Waals surface area contributed by atoms with E-state index in [1.54, 1.807) is 11.3 Å². The van der Waals surface area contributed by atoms with Crippen molar-refractivity contribution in [2.24, 2.45) is 16.6 Å². The third kappa shape index (κ3) is 4.90. The monoisotopic (exact) mass is 283 g/mol. The lowest BCUT2D eigenvalue weighted by molar-refractivity contribution is 0.534. The Morgan fingerprint density at radius 1 is 1.56 bits per heavy atom. The first-order chi connectivity index (χ1) is 8.84. The van der Waals surface area contributed by atoms with Crippen LogP contribution in [0.4, 0.5) is 0 Å². The minimum atomic E-state index is 0.599. The van der Waals surface area contributed by atoms with Crippen molar-refractivity contribution in [3.05, 3.63) is 22.4 Å². The molecule has 1 atom stereocenters. The number of aliphatic imine (C=N–C) groups is 1. The molecule has 0 saturated carbocycles. The molecule has 0 bridgehead atoms. The fraction of sp³-hybridized carbons (Fsp3) is 0.615.